The maximum atomic E-state index is 6.22. The van der Waals surface area contributed by atoms with Crippen molar-refractivity contribution in [3.63, 3.8) is 0 Å². The fraction of sp³-hybridized carbons (Fsp3) is 0.182. The molecular weight excluding hydrogens is 417 g/mol. The lowest BCUT2D eigenvalue weighted by Gasteiger charge is -2.16. The lowest BCUT2D eigenvalue weighted by Crippen LogP contribution is -2.14. The quantitative estimate of drug-likeness (QED) is 0.448. The van der Waals surface area contributed by atoms with Crippen LogP contribution >= 0.6 is 35.6 Å². The van der Waals surface area contributed by atoms with E-state index in [4.69, 9.17) is 32.7 Å². The number of methoxy groups -OCH3 is 1. The molecule has 3 nitrogen and oxygen atoms in total. The van der Waals surface area contributed by atoms with E-state index in [0.29, 0.717) is 30.5 Å². The smallest absolute Gasteiger partial charge is 0.166 e. The van der Waals surface area contributed by atoms with E-state index >= 15 is 0 Å². The van der Waals surface area contributed by atoms with Gasteiger partial charge in [0.25, 0.3) is 0 Å². The third-order valence-corrected chi connectivity index (χ3v) is 4.79. The number of nitrogens with one attached hydrogen (secondary N) is 1. The Labute approximate surface area is 182 Å². The van der Waals surface area contributed by atoms with Crippen LogP contribution in [0.5, 0.6) is 11.5 Å². The molecule has 6 heteroatoms. The molecule has 3 aromatic carbocycles. The van der Waals surface area contributed by atoms with Crippen molar-refractivity contribution in [2.24, 2.45) is 0 Å². The number of hydrogen-bond acceptors (Lipinski definition) is 3. The van der Waals surface area contributed by atoms with E-state index in [1.807, 2.05) is 66.7 Å². The first-order valence-corrected chi connectivity index (χ1v) is 9.40. The summed E-state index contributed by atoms with van der Waals surface area (Å²) in [5, 5.41) is 4.89. The maximum Gasteiger partial charge on any atom is 0.166 e. The SMILES string of the molecule is COc1cccc(CNCc2ccccc2Cl)c1OCc1ccc(Cl)cc1.Cl. The second kappa shape index (κ2) is 11.2. The van der Waals surface area contributed by atoms with Gasteiger partial charge < -0.3 is 14.8 Å². The third kappa shape index (κ3) is 6.05. The number of hydrogen-bond donors (Lipinski definition) is 1. The molecule has 148 valence electrons. The van der Waals surface area contributed by atoms with Crippen molar-refractivity contribution >= 4 is 35.6 Å². The molecule has 0 aliphatic heterocycles. The molecule has 0 aliphatic carbocycles. The average molecular weight is 439 g/mol. The second-order valence-electron chi connectivity index (χ2n) is 6.06. The highest BCUT2D eigenvalue weighted by atomic mass is 35.5. The number of benzene rings is 3. The Morgan fingerprint density at radius 1 is 0.821 bits per heavy atom. The highest BCUT2D eigenvalue weighted by molar-refractivity contribution is 6.31. The van der Waals surface area contributed by atoms with Crippen molar-refractivity contribution in [1.82, 2.24) is 5.32 Å². The molecule has 0 radical (unpaired) electrons. The van der Waals surface area contributed by atoms with Gasteiger partial charge in [-0.3, -0.25) is 0 Å². The van der Waals surface area contributed by atoms with E-state index in [1.165, 1.54) is 0 Å². The van der Waals surface area contributed by atoms with Gasteiger partial charge in [-0.2, -0.15) is 0 Å². The molecule has 0 amide bonds. The van der Waals surface area contributed by atoms with E-state index in [1.54, 1.807) is 7.11 Å². The van der Waals surface area contributed by atoms with Gasteiger partial charge in [-0.25, -0.2) is 0 Å². The molecule has 0 unspecified atom stereocenters. The second-order valence-corrected chi connectivity index (χ2v) is 6.90. The normalized spacial score (nSPS) is 10.2. The molecule has 3 aromatic rings. The zero-order valence-corrected chi connectivity index (χ0v) is 17.8. The van der Waals surface area contributed by atoms with Crippen LogP contribution in [0.2, 0.25) is 10.0 Å². The first kappa shape index (κ1) is 22.4. The van der Waals surface area contributed by atoms with Crippen molar-refractivity contribution in [2.45, 2.75) is 19.7 Å². The van der Waals surface area contributed by atoms with Crippen LogP contribution in [0.1, 0.15) is 16.7 Å². The first-order chi connectivity index (χ1) is 13.2. The lowest BCUT2D eigenvalue weighted by atomic mass is 10.1. The molecule has 0 bridgehead atoms. The summed E-state index contributed by atoms with van der Waals surface area (Å²) >= 11 is 12.2. The van der Waals surface area contributed by atoms with E-state index in [0.717, 1.165) is 27.5 Å². The predicted octanol–water partition coefficient (Wildman–Crippen LogP) is 6.29. The zero-order chi connectivity index (χ0) is 19.1. The highest BCUT2D eigenvalue weighted by Crippen LogP contribution is 2.32. The number of ether oxygens (including phenoxy) is 2. The Morgan fingerprint density at radius 2 is 1.50 bits per heavy atom. The summed E-state index contributed by atoms with van der Waals surface area (Å²) in [6.07, 6.45) is 0. The monoisotopic (exact) mass is 437 g/mol. The first-order valence-electron chi connectivity index (χ1n) is 8.64. The summed E-state index contributed by atoms with van der Waals surface area (Å²) in [7, 11) is 1.64. The molecule has 3 rings (SSSR count). The van der Waals surface area contributed by atoms with Gasteiger partial charge in [0.2, 0.25) is 0 Å². The summed E-state index contributed by atoms with van der Waals surface area (Å²) in [5.41, 5.74) is 3.13. The van der Waals surface area contributed by atoms with Gasteiger partial charge in [0.1, 0.15) is 6.61 Å². The Bertz CT molecular complexity index is 885. The van der Waals surface area contributed by atoms with E-state index in [2.05, 4.69) is 5.32 Å². The third-order valence-electron chi connectivity index (χ3n) is 4.17. The van der Waals surface area contributed by atoms with Gasteiger partial charge in [0, 0.05) is 28.7 Å². The van der Waals surface area contributed by atoms with Gasteiger partial charge in [0.15, 0.2) is 11.5 Å². The van der Waals surface area contributed by atoms with Crippen molar-refractivity contribution in [1.29, 1.82) is 0 Å². The largest absolute Gasteiger partial charge is 0.493 e. The van der Waals surface area contributed by atoms with E-state index < -0.39 is 0 Å². The van der Waals surface area contributed by atoms with E-state index in [9.17, 15) is 0 Å². The summed E-state index contributed by atoms with van der Waals surface area (Å²) < 4.78 is 11.6. The van der Waals surface area contributed by atoms with Crippen molar-refractivity contribution in [3.05, 3.63) is 93.5 Å². The minimum absolute atomic E-state index is 0. The maximum absolute atomic E-state index is 6.22. The summed E-state index contributed by atoms with van der Waals surface area (Å²) in [6, 6.07) is 21.3. The van der Waals surface area contributed by atoms with Crippen LogP contribution in [0.15, 0.2) is 66.7 Å². The molecule has 0 fully saturated rings. The van der Waals surface area contributed by atoms with Crippen LogP contribution in [0, 0.1) is 0 Å². The average Bonchev–Trinajstić information content (AvgIpc) is 2.69. The standard InChI is InChI=1S/C22H21Cl2NO2.ClH/c1-26-21-8-4-6-18(14-25-13-17-5-2-3-7-20(17)24)22(21)27-15-16-9-11-19(23)12-10-16;/h2-12,25H,13-15H2,1H3;1H. The highest BCUT2D eigenvalue weighted by Gasteiger charge is 2.11. The minimum atomic E-state index is 0. The van der Waals surface area contributed by atoms with Crippen LogP contribution in [0.25, 0.3) is 0 Å². The Balaban J connectivity index is 0.00000280. The number of halogens is 3. The fourth-order valence-electron chi connectivity index (χ4n) is 2.73. The number of rotatable bonds is 8. The topological polar surface area (TPSA) is 30.5 Å². The number of para-hydroxylation sites is 1. The lowest BCUT2D eigenvalue weighted by molar-refractivity contribution is 0.280. The summed E-state index contributed by atoms with van der Waals surface area (Å²) in [4.78, 5) is 0. The van der Waals surface area contributed by atoms with Crippen LogP contribution < -0.4 is 14.8 Å². The van der Waals surface area contributed by atoms with Gasteiger partial charge in [-0.15, -0.1) is 12.4 Å². The van der Waals surface area contributed by atoms with Crippen molar-refractivity contribution < 1.29 is 9.47 Å². The molecule has 0 spiro atoms. The van der Waals surface area contributed by atoms with Crippen LogP contribution in [-0.2, 0) is 19.7 Å². The molecule has 0 atom stereocenters. The van der Waals surface area contributed by atoms with Gasteiger partial charge >= 0.3 is 0 Å². The summed E-state index contributed by atoms with van der Waals surface area (Å²) in [5.74, 6) is 1.45. The van der Waals surface area contributed by atoms with E-state index in [-0.39, 0.29) is 12.4 Å². The van der Waals surface area contributed by atoms with Gasteiger partial charge in [-0.1, -0.05) is 65.7 Å². The fourth-order valence-corrected chi connectivity index (χ4v) is 3.06. The Hall–Kier alpha value is -1.91. The van der Waals surface area contributed by atoms with Gasteiger partial charge in [0.05, 0.1) is 7.11 Å². The molecule has 0 saturated carbocycles. The predicted molar refractivity (Wildman–Crippen MR) is 118 cm³/mol. The molecule has 0 heterocycles. The van der Waals surface area contributed by atoms with Crippen LogP contribution in [0.4, 0.5) is 0 Å². The van der Waals surface area contributed by atoms with Crippen molar-refractivity contribution in [3.8, 4) is 11.5 Å². The molecule has 0 aliphatic rings. The summed E-state index contributed by atoms with van der Waals surface area (Å²) in [6.45, 7) is 1.75. The van der Waals surface area contributed by atoms with Crippen molar-refractivity contribution in [2.75, 3.05) is 7.11 Å². The molecule has 0 saturated heterocycles. The van der Waals surface area contributed by atoms with Crippen LogP contribution in [0.3, 0.4) is 0 Å². The molecule has 28 heavy (non-hydrogen) atoms. The van der Waals surface area contributed by atoms with Crippen LogP contribution in [-0.4, -0.2) is 7.11 Å². The minimum Gasteiger partial charge on any atom is -0.493 e. The molecule has 1 N–H and O–H groups in total. The Kier molecular flexibility index (Phi) is 8.94. The molecular formula is C22H22Cl3NO2. The zero-order valence-electron chi connectivity index (χ0n) is 15.5. The molecule has 0 aromatic heterocycles. The Morgan fingerprint density at radius 3 is 2.21 bits per heavy atom. The van der Waals surface area contributed by atoms with Gasteiger partial charge in [-0.05, 0) is 35.4 Å².